The lowest BCUT2D eigenvalue weighted by molar-refractivity contribution is -0.391. The molecule has 9 rings (SSSR count). The smallest absolute Gasteiger partial charge is 0.187 e. The van der Waals surface area contributed by atoms with Crippen LogP contribution in [0.25, 0.3) is 0 Å². The van der Waals surface area contributed by atoms with Crippen molar-refractivity contribution in [3.63, 3.8) is 0 Å². The minimum atomic E-state index is -2.13. The van der Waals surface area contributed by atoms with Gasteiger partial charge in [-0.15, -0.1) is 0 Å². The zero-order valence-electron chi connectivity index (χ0n) is 56.6. The van der Waals surface area contributed by atoms with Crippen LogP contribution in [-0.4, -0.2) is 502 Å². The number of ether oxygens (including phenoxy) is 20. The molecular weight excluding hydrogens is 1450 g/mol. The summed E-state index contributed by atoms with van der Waals surface area (Å²) in [6.45, 7) is -7.14. The lowest BCUT2D eigenvalue weighted by Gasteiger charge is -2.49. The van der Waals surface area contributed by atoms with Gasteiger partial charge in [-0.1, -0.05) is 0 Å². The van der Waals surface area contributed by atoms with Crippen molar-refractivity contribution >= 4 is 0 Å². The van der Waals surface area contributed by atoms with Crippen LogP contribution in [-0.2, 0) is 94.7 Å². The molecule has 0 aromatic rings. The first-order valence-corrected chi connectivity index (χ1v) is 33.3. The molecule has 0 aliphatic carbocycles. The third-order valence-electron chi connectivity index (χ3n) is 19.4. The SMILES string of the molecule is CO[C@@H]1OC(CO)[C@@H](O[C@@H]2O[C@@H](CO)[C@@H](O[C@@H]3OC(CO)[C@@H](O[C@@H]4O[C@@H](CO)[C@@H](OC)C(O)C4O)[C@H](O)C3O)C(O)C2O)[C@H](O)C1O.CO[C@@H]1OC(CO)[C@@H](O[C@@H]2O[C@@H](CO)[C@@H](O[C@@H]3OC(CO[C@H]4OC(CO)[C@H](O)[C@H](O)C4O)[C@@H](O[C@@H]4O[C@@H](CO)[C@@H](OC)C(O)C4O)[C@H](O)C3O)C(O)C2O)[C@H](O)C1O. The van der Waals surface area contributed by atoms with Gasteiger partial charge in [0, 0.05) is 28.4 Å². The number of aliphatic hydroxyl groups excluding tert-OH is 27. The molecule has 0 radical (unpaired) electrons. The van der Waals surface area contributed by atoms with Crippen LogP contribution in [0.3, 0.4) is 0 Å². The zero-order chi connectivity index (χ0) is 77.5. The van der Waals surface area contributed by atoms with Gasteiger partial charge in [0.25, 0.3) is 0 Å². The van der Waals surface area contributed by atoms with E-state index in [0.717, 1.165) is 0 Å². The molecule has 9 fully saturated rings. The van der Waals surface area contributed by atoms with Gasteiger partial charge in [-0.05, 0) is 0 Å². The van der Waals surface area contributed by atoms with Crippen LogP contribution in [0.1, 0.15) is 0 Å². The van der Waals surface area contributed by atoms with Crippen molar-refractivity contribution in [1.29, 1.82) is 0 Å². The summed E-state index contributed by atoms with van der Waals surface area (Å²) in [6, 6.07) is 0. The van der Waals surface area contributed by atoms with E-state index in [0.29, 0.717) is 0 Å². The maximum absolute atomic E-state index is 11.4. The molecule has 0 amide bonds. The van der Waals surface area contributed by atoms with Crippen molar-refractivity contribution in [3.8, 4) is 0 Å². The van der Waals surface area contributed by atoms with E-state index in [9.17, 15) is 138 Å². The maximum atomic E-state index is 11.4. The van der Waals surface area contributed by atoms with Gasteiger partial charge < -0.3 is 233 Å². The van der Waals surface area contributed by atoms with E-state index < -0.39 is 336 Å². The highest BCUT2D eigenvalue weighted by Gasteiger charge is 2.59. The number of methoxy groups -OCH3 is 4. The fraction of sp³-hybridized carbons (Fsp3) is 1.00. The van der Waals surface area contributed by atoms with Crippen molar-refractivity contribution < 1.29 is 233 Å². The normalized spacial score (nSPS) is 51.5. The molecule has 0 aromatic heterocycles. The van der Waals surface area contributed by atoms with E-state index in [2.05, 4.69) is 0 Å². The van der Waals surface area contributed by atoms with Gasteiger partial charge in [-0.3, -0.25) is 0 Å². The Morgan fingerprint density at radius 2 is 0.362 bits per heavy atom. The Bertz CT molecular complexity index is 2500. The summed E-state index contributed by atoms with van der Waals surface area (Å²) in [5, 5.41) is 282. The molecule has 105 heavy (non-hydrogen) atoms. The minimum Gasteiger partial charge on any atom is -0.394 e. The first kappa shape index (κ1) is 88.7. The summed E-state index contributed by atoms with van der Waals surface area (Å²) >= 11 is 0. The molecule has 47 nitrogen and oxygen atoms in total. The highest BCUT2D eigenvalue weighted by Crippen LogP contribution is 2.39. The first-order chi connectivity index (χ1) is 49.9. The van der Waals surface area contributed by atoms with E-state index in [-0.39, 0.29) is 0 Å². The van der Waals surface area contributed by atoms with E-state index in [4.69, 9.17) is 94.7 Å². The van der Waals surface area contributed by atoms with Gasteiger partial charge >= 0.3 is 0 Å². The first-order valence-electron chi connectivity index (χ1n) is 33.3. The van der Waals surface area contributed by atoms with Gasteiger partial charge in [0.2, 0.25) is 0 Å². The monoisotopic (exact) mass is 1550 g/mol. The average Bonchev–Trinajstić information content (AvgIpc) is 0.774. The molecule has 9 aliphatic rings. The standard InChI is InChI=1S/C32H56O26.C26H46O21/c1-48-24-9(4-34)53-30(21(45)15(24)39)58-27-12(7-50-29-19(43)14(38)13(37)8(3-33)51-29)55-32(23(47)18(27)42)57-26-11(6-36)54-31(22(46)17(26)41)56-25-10(5-35)52-28(49-2)20(44)16(25)40;1-39-19-7(3-27)42-24(16(36)11(19)31)46-21-9(5-29)44-26(18(38)13(21)33)47-22-10(6-30)43-25(17(37)14(22)34)45-20-8(4-28)41-23(40-2)15(35)12(20)32/h8-47H,3-7H2,1-2H3;7-38H,3-6H2,1-2H3/t8?,9-,10?,11-,12?,13-,14-,15?,16+,17?,18+,19?,20?,21?,22?,23?,24+,25+,26+,27+,28+,29-,30-,31-,32-;7-,8?,9?,10-,11?,12+,13+,14?,15?,16?,17?,18?,19+,20+,21+,22+,23+,24-,25-,26-/m00/s1. The van der Waals surface area contributed by atoms with Crippen molar-refractivity contribution in [2.45, 2.75) is 276 Å². The van der Waals surface area contributed by atoms with Crippen LogP contribution in [0.4, 0.5) is 0 Å². The molecule has 45 atom stereocenters. The fourth-order valence-electron chi connectivity index (χ4n) is 13.4. The van der Waals surface area contributed by atoms with E-state index in [1.165, 1.54) is 28.4 Å². The summed E-state index contributed by atoms with van der Waals surface area (Å²) in [5.41, 5.74) is 0. The van der Waals surface area contributed by atoms with Crippen LogP contribution in [0, 0.1) is 0 Å². The molecule has 0 aromatic carbocycles. The largest absolute Gasteiger partial charge is 0.394 e. The zero-order valence-corrected chi connectivity index (χ0v) is 56.6. The summed E-state index contributed by atoms with van der Waals surface area (Å²) < 4.78 is 109. The number of aliphatic hydroxyl groups is 27. The summed E-state index contributed by atoms with van der Waals surface area (Å²) in [6.07, 6.45) is -75.9. The fourth-order valence-corrected chi connectivity index (χ4v) is 13.4. The van der Waals surface area contributed by atoms with Gasteiger partial charge in [-0.2, -0.15) is 0 Å². The second kappa shape index (κ2) is 39.7. The Morgan fingerprint density at radius 1 is 0.181 bits per heavy atom. The molecular formula is C58H102O47. The number of rotatable bonds is 27. The summed E-state index contributed by atoms with van der Waals surface area (Å²) in [5.74, 6) is 0. The molecule has 18 unspecified atom stereocenters. The maximum Gasteiger partial charge on any atom is 0.187 e. The van der Waals surface area contributed by atoms with Crippen LogP contribution < -0.4 is 0 Å². The molecule has 47 heteroatoms. The topological polar surface area (TPSA) is 731 Å². The van der Waals surface area contributed by atoms with Crippen molar-refractivity contribution in [2.75, 3.05) is 87.9 Å². The molecule has 0 bridgehead atoms. The van der Waals surface area contributed by atoms with Crippen molar-refractivity contribution in [2.24, 2.45) is 0 Å². The van der Waals surface area contributed by atoms with Crippen LogP contribution in [0.2, 0.25) is 0 Å². The second-order valence-corrected chi connectivity index (χ2v) is 26.0. The van der Waals surface area contributed by atoms with E-state index >= 15 is 0 Å². The predicted octanol–water partition coefficient (Wildman–Crippen LogP) is -19.1. The summed E-state index contributed by atoms with van der Waals surface area (Å²) in [7, 11) is 4.77. The highest BCUT2D eigenvalue weighted by atomic mass is 16.8. The highest BCUT2D eigenvalue weighted by molar-refractivity contribution is 5.02. The van der Waals surface area contributed by atoms with Crippen molar-refractivity contribution in [3.05, 3.63) is 0 Å². The lowest BCUT2D eigenvalue weighted by Crippen LogP contribution is -2.67. The quantitative estimate of drug-likeness (QED) is 0.0363. The molecule has 27 N–H and O–H groups in total. The van der Waals surface area contributed by atoms with Crippen LogP contribution in [0.5, 0.6) is 0 Å². The Morgan fingerprint density at radius 3 is 0.590 bits per heavy atom. The Hall–Kier alpha value is -1.88. The third kappa shape index (κ3) is 19.2. The second-order valence-electron chi connectivity index (χ2n) is 26.0. The third-order valence-corrected chi connectivity index (χ3v) is 19.4. The number of hydrogen-bond acceptors (Lipinski definition) is 47. The number of hydrogen-bond donors (Lipinski definition) is 27. The van der Waals surface area contributed by atoms with Crippen LogP contribution in [0.15, 0.2) is 0 Å². The van der Waals surface area contributed by atoms with E-state index in [1.54, 1.807) is 0 Å². The summed E-state index contributed by atoms with van der Waals surface area (Å²) in [4.78, 5) is 0. The van der Waals surface area contributed by atoms with Gasteiger partial charge in [0.1, 0.15) is 220 Å². The van der Waals surface area contributed by atoms with Crippen LogP contribution >= 0.6 is 0 Å². The molecule has 0 saturated carbocycles. The Labute approximate surface area is 595 Å². The minimum absolute atomic E-state index is 0.642. The predicted molar refractivity (Wildman–Crippen MR) is 320 cm³/mol. The molecule has 9 saturated heterocycles. The van der Waals surface area contributed by atoms with E-state index in [1.807, 2.05) is 0 Å². The average molecular weight is 1550 g/mol. The molecule has 0 spiro atoms. The Balaban J connectivity index is 0.000000271. The van der Waals surface area contributed by atoms with Gasteiger partial charge in [0.15, 0.2) is 56.6 Å². The molecule has 9 aliphatic heterocycles. The van der Waals surface area contributed by atoms with Gasteiger partial charge in [-0.25, -0.2) is 0 Å². The lowest BCUT2D eigenvalue weighted by atomic mass is 9.95. The molecule has 9 heterocycles. The Kier molecular flexibility index (Phi) is 33.6. The van der Waals surface area contributed by atoms with Gasteiger partial charge in [0.05, 0.1) is 59.5 Å². The molecule has 616 valence electrons. The van der Waals surface area contributed by atoms with Crippen molar-refractivity contribution in [1.82, 2.24) is 0 Å².